The highest BCUT2D eigenvalue weighted by Gasteiger charge is 2.12. The van der Waals surface area contributed by atoms with Crippen LogP contribution in [-0.4, -0.2) is 0 Å². The average molecular weight is 349 g/mol. The number of anilines is 3. The van der Waals surface area contributed by atoms with Gasteiger partial charge in [0.05, 0.1) is 0 Å². The van der Waals surface area contributed by atoms with E-state index in [2.05, 4.69) is 122 Å². The fourth-order valence-electron chi connectivity index (χ4n) is 3.37. The Morgan fingerprint density at radius 2 is 1.04 bits per heavy atom. The smallest absolute Gasteiger partial charge is 0.0467 e. The predicted molar refractivity (Wildman–Crippen MR) is 116 cm³/mol. The molecule has 4 rings (SSSR count). The SMILES string of the molecule is Cc1ccc(N(c2ccccc2)c2cccc(-c3cccc(C)c3)c2)cc1. The van der Waals surface area contributed by atoms with Gasteiger partial charge >= 0.3 is 0 Å². The molecule has 0 atom stereocenters. The van der Waals surface area contributed by atoms with Gasteiger partial charge < -0.3 is 4.90 Å². The van der Waals surface area contributed by atoms with Crippen LogP contribution in [0.3, 0.4) is 0 Å². The van der Waals surface area contributed by atoms with Crippen molar-refractivity contribution in [2.24, 2.45) is 0 Å². The number of rotatable bonds is 4. The second kappa shape index (κ2) is 7.51. The van der Waals surface area contributed by atoms with Crippen LogP contribution in [0.1, 0.15) is 11.1 Å². The van der Waals surface area contributed by atoms with Crippen molar-refractivity contribution < 1.29 is 0 Å². The molecule has 0 aliphatic heterocycles. The molecular formula is C26H23N. The van der Waals surface area contributed by atoms with Gasteiger partial charge in [0.15, 0.2) is 0 Å². The van der Waals surface area contributed by atoms with Crippen LogP contribution in [0.25, 0.3) is 11.1 Å². The van der Waals surface area contributed by atoms with E-state index < -0.39 is 0 Å². The highest BCUT2D eigenvalue weighted by molar-refractivity contribution is 5.79. The molecule has 0 N–H and O–H groups in total. The van der Waals surface area contributed by atoms with Crippen molar-refractivity contribution in [3.63, 3.8) is 0 Å². The molecule has 0 aromatic heterocycles. The van der Waals surface area contributed by atoms with Crippen LogP contribution < -0.4 is 4.90 Å². The summed E-state index contributed by atoms with van der Waals surface area (Å²) in [6, 6.07) is 36.6. The fourth-order valence-corrected chi connectivity index (χ4v) is 3.37. The molecule has 0 spiro atoms. The van der Waals surface area contributed by atoms with Gasteiger partial charge in [-0.1, -0.05) is 77.9 Å². The summed E-state index contributed by atoms with van der Waals surface area (Å²) >= 11 is 0. The fraction of sp³-hybridized carbons (Fsp3) is 0.0769. The van der Waals surface area contributed by atoms with Crippen LogP contribution in [-0.2, 0) is 0 Å². The zero-order valence-electron chi connectivity index (χ0n) is 15.8. The van der Waals surface area contributed by atoms with Crippen LogP contribution in [0.4, 0.5) is 17.1 Å². The Morgan fingerprint density at radius 1 is 0.444 bits per heavy atom. The molecule has 0 amide bonds. The molecule has 0 saturated heterocycles. The zero-order chi connectivity index (χ0) is 18.6. The highest BCUT2D eigenvalue weighted by atomic mass is 15.1. The lowest BCUT2D eigenvalue weighted by molar-refractivity contribution is 1.27. The molecule has 0 unspecified atom stereocenters. The maximum absolute atomic E-state index is 2.30. The van der Waals surface area contributed by atoms with Gasteiger partial charge in [-0.3, -0.25) is 0 Å². The number of para-hydroxylation sites is 1. The van der Waals surface area contributed by atoms with Crippen molar-refractivity contribution in [1.82, 2.24) is 0 Å². The maximum Gasteiger partial charge on any atom is 0.0467 e. The Balaban J connectivity index is 1.83. The Hall–Kier alpha value is -3.32. The Kier molecular flexibility index (Phi) is 4.76. The summed E-state index contributed by atoms with van der Waals surface area (Å²) in [5.41, 5.74) is 8.48. The summed E-state index contributed by atoms with van der Waals surface area (Å²) in [5.74, 6) is 0. The first-order valence-electron chi connectivity index (χ1n) is 9.30. The summed E-state index contributed by atoms with van der Waals surface area (Å²) in [7, 11) is 0. The van der Waals surface area contributed by atoms with E-state index >= 15 is 0 Å². The Bertz CT molecular complexity index is 1030. The lowest BCUT2D eigenvalue weighted by Gasteiger charge is -2.26. The van der Waals surface area contributed by atoms with Crippen LogP contribution >= 0.6 is 0 Å². The topological polar surface area (TPSA) is 3.24 Å². The minimum Gasteiger partial charge on any atom is -0.310 e. The molecule has 27 heavy (non-hydrogen) atoms. The Morgan fingerprint density at radius 3 is 1.74 bits per heavy atom. The van der Waals surface area contributed by atoms with Crippen molar-refractivity contribution in [2.45, 2.75) is 13.8 Å². The third-order valence-corrected chi connectivity index (χ3v) is 4.76. The van der Waals surface area contributed by atoms with Crippen molar-refractivity contribution in [3.8, 4) is 11.1 Å². The first kappa shape index (κ1) is 17.1. The van der Waals surface area contributed by atoms with E-state index in [0.29, 0.717) is 0 Å². The Labute approximate surface area is 161 Å². The molecule has 0 fully saturated rings. The number of hydrogen-bond donors (Lipinski definition) is 0. The zero-order valence-corrected chi connectivity index (χ0v) is 15.8. The van der Waals surface area contributed by atoms with Crippen molar-refractivity contribution >= 4 is 17.1 Å². The molecule has 0 aliphatic rings. The van der Waals surface area contributed by atoms with Crippen LogP contribution in [0.2, 0.25) is 0 Å². The minimum atomic E-state index is 1.16. The summed E-state index contributed by atoms with van der Waals surface area (Å²) < 4.78 is 0. The van der Waals surface area contributed by atoms with Gasteiger partial charge in [0.25, 0.3) is 0 Å². The predicted octanol–water partition coefficient (Wildman–Crippen LogP) is 7.44. The molecule has 1 nitrogen and oxygen atoms in total. The summed E-state index contributed by atoms with van der Waals surface area (Å²) in [6.07, 6.45) is 0. The van der Waals surface area contributed by atoms with E-state index in [4.69, 9.17) is 0 Å². The largest absolute Gasteiger partial charge is 0.310 e. The van der Waals surface area contributed by atoms with Crippen molar-refractivity contribution in [3.05, 3.63) is 114 Å². The van der Waals surface area contributed by atoms with Crippen LogP contribution in [0, 0.1) is 13.8 Å². The lowest BCUT2D eigenvalue weighted by atomic mass is 10.0. The third kappa shape index (κ3) is 3.78. The van der Waals surface area contributed by atoms with E-state index in [1.807, 2.05) is 0 Å². The van der Waals surface area contributed by atoms with Gasteiger partial charge in [-0.15, -0.1) is 0 Å². The van der Waals surface area contributed by atoms with Gasteiger partial charge in [0.2, 0.25) is 0 Å². The normalized spacial score (nSPS) is 10.6. The maximum atomic E-state index is 2.30. The molecule has 0 saturated carbocycles. The molecule has 1 heteroatoms. The summed E-state index contributed by atoms with van der Waals surface area (Å²) in [5, 5.41) is 0. The third-order valence-electron chi connectivity index (χ3n) is 4.76. The first-order chi connectivity index (χ1) is 13.2. The van der Waals surface area contributed by atoms with Gasteiger partial charge in [-0.05, 0) is 61.4 Å². The van der Waals surface area contributed by atoms with E-state index in [0.717, 1.165) is 17.1 Å². The summed E-state index contributed by atoms with van der Waals surface area (Å²) in [4.78, 5) is 2.30. The molecule has 132 valence electrons. The molecule has 4 aromatic rings. The minimum absolute atomic E-state index is 1.16. The molecule has 0 aliphatic carbocycles. The van der Waals surface area contributed by atoms with Gasteiger partial charge in [0, 0.05) is 17.1 Å². The lowest BCUT2D eigenvalue weighted by Crippen LogP contribution is -2.09. The van der Waals surface area contributed by atoms with E-state index in [9.17, 15) is 0 Å². The average Bonchev–Trinajstić information content (AvgIpc) is 2.71. The standard InChI is InChI=1S/C26H23N/c1-20-14-16-25(17-15-20)27(24-11-4-3-5-12-24)26-13-7-10-23(19-26)22-9-6-8-21(2)18-22/h3-19H,1-2H3. The van der Waals surface area contributed by atoms with Crippen molar-refractivity contribution in [2.75, 3.05) is 4.90 Å². The van der Waals surface area contributed by atoms with Crippen LogP contribution in [0.15, 0.2) is 103 Å². The molecule has 0 heterocycles. The number of benzene rings is 4. The molecule has 0 bridgehead atoms. The monoisotopic (exact) mass is 349 g/mol. The summed E-state index contributed by atoms with van der Waals surface area (Å²) in [6.45, 7) is 4.25. The second-order valence-electron chi connectivity index (χ2n) is 6.93. The van der Waals surface area contributed by atoms with E-state index in [1.165, 1.54) is 22.3 Å². The highest BCUT2D eigenvalue weighted by Crippen LogP contribution is 2.36. The first-order valence-corrected chi connectivity index (χ1v) is 9.30. The van der Waals surface area contributed by atoms with E-state index in [-0.39, 0.29) is 0 Å². The second-order valence-corrected chi connectivity index (χ2v) is 6.93. The quantitative estimate of drug-likeness (QED) is 0.370. The van der Waals surface area contributed by atoms with Gasteiger partial charge in [-0.2, -0.15) is 0 Å². The molecular weight excluding hydrogens is 326 g/mol. The molecule has 4 aromatic carbocycles. The number of aryl methyl sites for hydroxylation is 2. The number of hydrogen-bond acceptors (Lipinski definition) is 1. The van der Waals surface area contributed by atoms with Crippen LogP contribution in [0.5, 0.6) is 0 Å². The number of nitrogens with zero attached hydrogens (tertiary/aromatic N) is 1. The molecule has 0 radical (unpaired) electrons. The van der Waals surface area contributed by atoms with Crippen molar-refractivity contribution in [1.29, 1.82) is 0 Å². The van der Waals surface area contributed by atoms with E-state index in [1.54, 1.807) is 0 Å². The van der Waals surface area contributed by atoms with Gasteiger partial charge in [0.1, 0.15) is 0 Å². The van der Waals surface area contributed by atoms with Gasteiger partial charge in [-0.25, -0.2) is 0 Å².